The SMILES string of the molecule is CCc1ccc(O)c(-c2nc(NCC(N)CC)cc(C(=O)Nc3ccc(F)cc3)n2)c1. The molecule has 1 amide bonds. The molecular weight excluding hydrogens is 397 g/mol. The van der Waals surface area contributed by atoms with Crippen LogP contribution >= 0.6 is 0 Å². The smallest absolute Gasteiger partial charge is 0.274 e. The predicted octanol–water partition coefficient (Wildman–Crippen LogP) is 3.95. The fraction of sp³-hybridized carbons (Fsp3) is 0.261. The molecule has 31 heavy (non-hydrogen) atoms. The van der Waals surface area contributed by atoms with Crippen molar-refractivity contribution >= 4 is 17.4 Å². The summed E-state index contributed by atoms with van der Waals surface area (Å²) in [6.45, 7) is 4.45. The normalized spacial score (nSPS) is 11.7. The minimum Gasteiger partial charge on any atom is -0.507 e. The Labute approximate surface area is 180 Å². The number of phenols is 1. The van der Waals surface area contributed by atoms with E-state index in [1.807, 2.05) is 19.9 Å². The number of carbonyl (C=O) groups is 1. The van der Waals surface area contributed by atoms with E-state index in [4.69, 9.17) is 5.73 Å². The van der Waals surface area contributed by atoms with E-state index in [0.717, 1.165) is 18.4 Å². The number of phenolic OH excluding ortho intramolecular Hbond substituents is 1. The highest BCUT2D eigenvalue weighted by molar-refractivity contribution is 6.03. The summed E-state index contributed by atoms with van der Waals surface area (Å²) in [6, 6.07) is 12.1. The van der Waals surface area contributed by atoms with E-state index >= 15 is 0 Å². The number of hydrogen-bond donors (Lipinski definition) is 4. The third kappa shape index (κ3) is 5.76. The molecule has 162 valence electrons. The van der Waals surface area contributed by atoms with Gasteiger partial charge in [0.15, 0.2) is 5.82 Å². The van der Waals surface area contributed by atoms with Crippen LogP contribution in [-0.2, 0) is 6.42 Å². The molecule has 3 aromatic rings. The van der Waals surface area contributed by atoms with Gasteiger partial charge in [0.1, 0.15) is 23.1 Å². The number of aromatic hydroxyl groups is 1. The van der Waals surface area contributed by atoms with E-state index in [-0.39, 0.29) is 23.3 Å². The van der Waals surface area contributed by atoms with Crippen LogP contribution in [0, 0.1) is 5.82 Å². The first-order chi connectivity index (χ1) is 14.9. The molecule has 0 fully saturated rings. The Bertz CT molecular complexity index is 1060. The molecule has 7 nitrogen and oxygen atoms in total. The second-order valence-corrected chi connectivity index (χ2v) is 7.18. The molecule has 5 N–H and O–H groups in total. The van der Waals surface area contributed by atoms with Gasteiger partial charge < -0.3 is 21.5 Å². The zero-order valence-electron chi connectivity index (χ0n) is 17.5. The number of nitrogens with two attached hydrogens (primary N) is 1. The molecule has 0 radical (unpaired) electrons. The number of amides is 1. The summed E-state index contributed by atoms with van der Waals surface area (Å²) < 4.78 is 13.1. The standard InChI is InChI=1S/C23H26FN5O2/c1-3-14-5-10-20(30)18(11-14)22-28-19(12-21(29-22)26-13-16(25)4-2)23(31)27-17-8-6-15(24)7-9-17/h5-12,16,30H,3-4,13,25H2,1-2H3,(H,27,31)(H,26,28,29). The number of nitrogens with one attached hydrogen (secondary N) is 2. The third-order valence-corrected chi connectivity index (χ3v) is 4.84. The van der Waals surface area contributed by atoms with Crippen molar-refractivity contribution in [1.82, 2.24) is 9.97 Å². The van der Waals surface area contributed by atoms with E-state index in [9.17, 15) is 14.3 Å². The van der Waals surface area contributed by atoms with Crippen molar-refractivity contribution in [2.24, 2.45) is 5.73 Å². The number of rotatable bonds is 8. The van der Waals surface area contributed by atoms with Gasteiger partial charge in [-0.05, 0) is 54.8 Å². The van der Waals surface area contributed by atoms with Gasteiger partial charge in [0.2, 0.25) is 0 Å². The molecule has 3 rings (SSSR count). The van der Waals surface area contributed by atoms with Crippen molar-refractivity contribution in [3.8, 4) is 17.1 Å². The molecule has 1 heterocycles. The van der Waals surface area contributed by atoms with Gasteiger partial charge in [-0.1, -0.05) is 19.9 Å². The van der Waals surface area contributed by atoms with E-state index in [1.54, 1.807) is 12.1 Å². The summed E-state index contributed by atoms with van der Waals surface area (Å²) in [7, 11) is 0. The van der Waals surface area contributed by atoms with E-state index in [1.165, 1.54) is 30.3 Å². The summed E-state index contributed by atoms with van der Waals surface area (Å²) in [4.78, 5) is 21.7. The van der Waals surface area contributed by atoms with Crippen LogP contribution in [0.1, 0.15) is 36.3 Å². The first-order valence-corrected chi connectivity index (χ1v) is 10.2. The van der Waals surface area contributed by atoms with Crippen LogP contribution < -0.4 is 16.4 Å². The van der Waals surface area contributed by atoms with Gasteiger partial charge in [-0.2, -0.15) is 0 Å². The highest BCUT2D eigenvalue weighted by Gasteiger charge is 2.16. The Hall–Kier alpha value is -3.52. The molecule has 0 saturated carbocycles. The molecule has 0 saturated heterocycles. The zero-order valence-corrected chi connectivity index (χ0v) is 17.5. The summed E-state index contributed by atoms with van der Waals surface area (Å²) in [5.74, 6) is -0.229. The minimum atomic E-state index is -0.482. The fourth-order valence-electron chi connectivity index (χ4n) is 2.87. The third-order valence-electron chi connectivity index (χ3n) is 4.84. The van der Waals surface area contributed by atoms with Gasteiger partial charge in [0.25, 0.3) is 5.91 Å². The van der Waals surface area contributed by atoms with Gasteiger partial charge in [-0.15, -0.1) is 0 Å². The zero-order chi connectivity index (χ0) is 22.4. The second-order valence-electron chi connectivity index (χ2n) is 7.18. The Kier molecular flexibility index (Phi) is 7.15. The quantitative estimate of drug-likeness (QED) is 0.436. The Morgan fingerprint density at radius 1 is 1.13 bits per heavy atom. The van der Waals surface area contributed by atoms with Crippen molar-refractivity contribution in [3.05, 3.63) is 65.6 Å². The van der Waals surface area contributed by atoms with Gasteiger partial charge >= 0.3 is 0 Å². The van der Waals surface area contributed by atoms with Crippen LogP contribution in [0.2, 0.25) is 0 Å². The first kappa shape index (κ1) is 22.2. The van der Waals surface area contributed by atoms with Crippen LogP contribution in [0.3, 0.4) is 0 Å². The fourth-order valence-corrected chi connectivity index (χ4v) is 2.87. The van der Waals surface area contributed by atoms with Crippen LogP contribution in [0.15, 0.2) is 48.5 Å². The molecule has 0 bridgehead atoms. The molecule has 0 aliphatic heterocycles. The summed E-state index contributed by atoms with van der Waals surface area (Å²) >= 11 is 0. The molecule has 2 aromatic carbocycles. The van der Waals surface area contributed by atoms with Crippen molar-refractivity contribution in [1.29, 1.82) is 0 Å². The summed E-state index contributed by atoms with van der Waals surface area (Å²) in [5.41, 5.74) is 7.95. The van der Waals surface area contributed by atoms with Crippen molar-refractivity contribution in [2.45, 2.75) is 32.7 Å². The molecule has 0 aliphatic carbocycles. The minimum absolute atomic E-state index is 0.0181. The van der Waals surface area contributed by atoms with Crippen LogP contribution in [0.5, 0.6) is 5.75 Å². The maximum absolute atomic E-state index is 13.1. The van der Waals surface area contributed by atoms with E-state index in [0.29, 0.717) is 23.6 Å². The lowest BCUT2D eigenvalue weighted by molar-refractivity contribution is 0.102. The van der Waals surface area contributed by atoms with Gasteiger partial charge in [0.05, 0.1) is 5.56 Å². The highest BCUT2D eigenvalue weighted by Crippen LogP contribution is 2.29. The van der Waals surface area contributed by atoms with Crippen LogP contribution in [0.25, 0.3) is 11.4 Å². The number of anilines is 2. The van der Waals surface area contributed by atoms with Gasteiger partial charge in [-0.3, -0.25) is 4.79 Å². The number of aryl methyl sites for hydroxylation is 1. The van der Waals surface area contributed by atoms with Gasteiger partial charge in [0, 0.05) is 24.3 Å². The number of hydrogen-bond acceptors (Lipinski definition) is 6. The lowest BCUT2D eigenvalue weighted by Gasteiger charge is -2.14. The molecule has 8 heteroatoms. The number of nitrogens with zero attached hydrogens (tertiary/aromatic N) is 2. The second kappa shape index (κ2) is 9.99. The number of carbonyl (C=O) groups excluding carboxylic acids is 1. The molecule has 1 atom stereocenters. The van der Waals surface area contributed by atoms with E-state index < -0.39 is 11.7 Å². The Morgan fingerprint density at radius 3 is 2.55 bits per heavy atom. The number of halogens is 1. The number of benzene rings is 2. The average Bonchev–Trinajstić information content (AvgIpc) is 2.79. The Balaban J connectivity index is 1.98. The summed E-state index contributed by atoms with van der Waals surface area (Å²) in [5, 5.41) is 16.2. The van der Waals surface area contributed by atoms with E-state index in [2.05, 4.69) is 20.6 Å². The summed E-state index contributed by atoms with van der Waals surface area (Å²) in [6.07, 6.45) is 1.55. The maximum Gasteiger partial charge on any atom is 0.274 e. The predicted molar refractivity (Wildman–Crippen MR) is 120 cm³/mol. The van der Waals surface area contributed by atoms with Crippen molar-refractivity contribution in [3.63, 3.8) is 0 Å². The lowest BCUT2D eigenvalue weighted by Crippen LogP contribution is -2.28. The van der Waals surface area contributed by atoms with Crippen molar-refractivity contribution < 1.29 is 14.3 Å². The Morgan fingerprint density at radius 2 is 1.87 bits per heavy atom. The first-order valence-electron chi connectivity index (χ1n) is 10.2. The topological polar surface area (TPSA) is 113 Å². The molecule has 1 unspecified atom stereocenters. The monoisotopic (exact) mass is 423 g/mol. The van der Waals surface area contributed by atoms with Crippen LogP contribution in [0.4, 0.5) is 15.9 Å². The molecule has 1 aromatic heterocycles. The largest absolute Gasteiger partial charge is 0.507 e. The average molecular weight is 423 g/mol. The van der Waals surface area contributed by atoms with Crippen molar-refractivity contribution in [2.75, 3.05) is 17.2 Å². The van der Waals surface area contributed by atoms with Gasteiger partial charge in [-0.25, -0.2) is 14.4 Å². The number of aromatic nitrogens is 2. The molecular formula is C23H26FN5O2. The molecule has 0 spiro atoms. The lowest BCUT2D eigenvalue weighted by atomic mass is 10.1. The highest BCUT2D eigenvalue weighted by atomic mass is 19.1. The van der Waals surface area contributed by atoms with Crippen LogP contribution in [-0.4, -0.2) is 33.6 Å². The molecule has 0 aliphatic rings. The maximum atomic E-state index is 13.1.